The van der Waals surface area contributed by atoms with Gasteiger partial charge in [0.1, 0.15) is 18.2 Å². The fraction of sp³-hybridized carbons (Fsp3) is 0.389. The van der Waals surface area contributed by atoms with Gasteiger partial charge in [-0.25, -0.2) is 9.97 Å². The van der Waals surface area contributed by atoms with E-state index in [-0.39, 0.29) is 11.9 Å². The molecule has 3 aromatic rings. The minimum Gasteiger partial charge on any atom is -0.350 e. The standard InChI is InChI=1S/C18H21N5O/c1-12-9-22-10-14(7-8-17(22)19-12)21-18(24)11-23-13(2)20-15-5-3-4-6-16(15)23/h3-6,9,14H,7-8,10-11H2,1-2H3,(H,21,24). The maximum absolute atomic E-state index is 12.5. The summed E-state index contributed by atoms with van der Waals surface area (Å²) in [6.45, 7) is 5.05. The first kappa shape index (κ1) is 14.9. The summed E-state index contributed by atoms with van der Waals surface area (Å²) in [5.41, 5.74) is 2.97. The molecular formula is C18H21N5O. The van der Waals surface area contributed by atoms with Crippen LogP contribution in [0.4, 0.5) is 0 Å². The van der Waals surface area contributed by atoms with E-state index < -0.39 is 0 Å². The molecule has 0 saturated carbocycles. The molecule has 0 bridgehead atoms. The molecule has 4 rings (SSSR count). The van der Waals surface area contributed by atoms with Crippen LogP contribution < -0.4 is 5.32 Å². The molecule has 6 nitrogen and oxygen atoms in total. The van der Waals surface area contributed by atoms with Gasteiger partial charge in [0, 0.05) is 25.2 Å². The second-order valence-electron chi connectivity index (χ2n) is 6.49. The first-order chi connectivity index (χ1) is 11.6. The van der Waals surface area contributed by atoms with Gasteiger partial charge < -0.3 is 14.5 Å². The zero-order valence-electron chi connectivity index (χ0n) is 14.0. The van der Waals surface area contributed by atoms with Gasteiger partial charge in [-0.3, -0.25) is 4.79 Å². The van der Waals surface area contributed by atoms with Gasteiger partial charge in [-0.2, -0.15) is 0 Å². The summed E-state index contributed by atoms with van der Waals surface area (Å²) < 4.78 is 4.13. The van der Waals surface area contributed by atoms with Gasteiger partial charge in [0.2, 0.25) is 5.91 Å². The molecule has 1 aliphatic heterocycles. The van der Waals surface area contributed by atoms with E-state index in [1.54, 1.807) is 0 Å². The van der Waals surface area contributed by atoms with Crippen LogP contribution in [-0.2, 0) is 24.3 Å². The van der Waals surface area contributed by atoms with Crippen LogP contribution in [-0.4, -0.2) is 31.1 Å². The number of benzene rings is 1. The Bertz CT molecular complexity index is 907. The Kier molecular flexibility index (Phi) is 3.59. The Morgan fingerprint density at radius 3 is 3.00 bits per heavy atom. The second-order valence-corrected chi connectivity index (χ2v) is 6.49. The lowest BCUT2D eigenvalue weighted by Gasteiger charge is -2.25. The fourth-order valence-electron chi connectivity index (χ4n) is 3.52. The topological polar surface area (TPSA) is 64.7 Å². The molecule has 1 atom stereocenters. The average molecular weight is 323 g/mol. The minimum absolute atomic E-state index is 0.0338. The van der Waals surface area contributed by atoms with Crippen LogP contribution >= 0.6 is 0 Å². The Morgan fingerprint density at radius 2 is 2.12 bits per heavy atom. The summed E-state index contributed by atoms with van der Waals surface area (Å²) in [5, 5.41) is 3.16. The van der Waals surface area contributed by atoms with Gasteiger partial charge >= 0.3 is 0 Å². The highest BCUT2D eigenvalue weighted by molar-refractivity contribution is 5.81. The SMILES string of the molecule is Cc1cn2c(n1)CCC(NC(=O)Cn1c(C)nc3ccccc31)C2. The number of fused-ring (bicyclic) bond motifs is 2. The minimum atomic E-state index is 0.0338. The van der Waals surface area contributed by atoms with Crippen molar-refractivity contribution >= 4 is 16.9 Å². The fourth-order valence-corrected chi connectivity index (χ4v) is 3.52. The van der Waals surface area contributed by atoms with Crippen LogP contribution in [0.25, 0.3) is 11.0 Å². The number of amides is 1. The molecule has 1 aliphatic rings. The van der Waals surface area contributed by atoms with Gasteiger partial charge in [-0.05, 0) is 32.4 Å². The number of rotatable bonds is 3. The monoisotopic (exact) mass is 323 g/mol. The van der Waals surface area contributed by atoms with E-state index in [1.165, 1.54) is 0 Å². The molecule has 124 valence electrons. The number of para-hydroxylation sites is 2. The lowest BCUT2D eigenvalue weighted by molar-refractivity contribution is -0.122. The number of carbonyl (C=O) groups is 1. The molecule has 1 unspecified atom stereocenters. The zero-order chi connectivity index (χ0) is 16.7. The van der Waals surface area contributed by atoms with E-state index in [0.717, 1.165) is 47.8 Å². The lowest BCUT2D eigenvalue weighted by Crippen LogP contribution is -2.42. The summed E-state index contributed by atoms with van der Waals surface area (Å²) >= 11 is 0. The predicted molar refractivity (Wildman–Crippen MR) is 91.7 cm³/mol. The van der Waals surface area contributed by atoms with Crippen molar-refractivity contribution in [3.63, 3.8) is 0 Å². The summed E-state index contributed by atoms with van der Waals surface area (Å²) in [7, 11) is 0. The van der Waals surface area contributed by atoms with Crippen molar-refractivity contribution in [2.45, 2.75) is 45.8 Å². The van der Waals surface area contributed by atoms with Crippen LogP contribution in [0.2, 0.25) is 0 Å². The quantitative estimate of drug-likeness (QED) is 0.801. The number of nitrogens with one attached hydrogen (secondary N) is 1. The molecule has 1 amide bonds. The smallest absolute Gasteiger partial charge is 0.240 e. The van der Waals surface area contributed by atoms with Crippen molar-refractivity contribution in [1.82, 2.24) is 24.4 Å². The molecule has 0 saturated heterocycles. The summed E-state index contributed by atoms with van der Waals surface area (Å²) in [4.78, 5) is 21.5. The number of nitrogens with zero attached hydrogens (tertiary/aromatic N) is 4. The third-order valence-corrected chi connectivity index (χ3v) is 4.63. The molecule has 0 radical (unpaired) electrons. The van der Waals surface area contributed by atoms with Crippen molar-refractivity contribution in [3.05, 3.63) is 47.8 Å². The van der Waals surface area contributed by atoms with Crippen LogP contribution in [0.3, 0.4) is 0 Å². The highest BCUT2D eigenvalue weighted by atomic mass is 16.2. The predicted octanol–water partition coefficient (Wildman–Crippen LogP) is 1.98. The number of imidazole rings is 2. The lowest BCUT2D eigenvalue weighted by atomic mass is 10.1. The third kappa shape index (κ3) is 2.68. The third-order valence-electron chi connectivity index (χ3n) is 4.63. The summed E-state index contributed by atoms with van der Waals surface area (Å²) in [5.74, 6) is 2.02. The Hall–Kier alpha value is -2.63. The van der Waals surface area contributed by atoms with Crippen LogP contribution in [0.15, 0.2) is 30.5 Å². The average Bonchev–Trinajstić information content (AvgIpc) is 3.06. The van der Waals surface area contributed by atoms with Crippen molar-refractivity contribution in [2.24, 2.45) is 0 Å². The van der Waals surface area contributed by atoms with E-state index >= 15 is 0 Å². The van der Waals surface area contributed by atoms with Gasteiger partial charge in [-0.15, -0.1) is 0 Å². The molecule has 1 aromatic carbocycles. The van der Waals surface area contributed by atoms with Crippen molar-refractivity contribution < 1.29 is 4.79 Å². The maximum Gasteiger partial charge on any atom is 0.240 e. The zero-order valence-corrected chi connectivity index (χ0v) is 14.0. The molecule has 1 N–H and O–H groups in total. The van der Waals surface area contributed by atoms with Crippen molar-refractivity contribution in [2.75, 3.05) is 0 Å². The van der Waals surface area contributed by atoms with Crippen molar-refractivity contribution in [1.29, 1.82) is 0 Å². The first-order valence-corrected chi connectivity index (χ1v) is 8.34. The van der Waals surface area contributed by atoms with Gasteiger partial charge in [0.05, 0.1) is 16.7 Å². The van der Waals surface area contributed by atoms with E-state index in [1.807, 2.05) is 42.7 Å². The molecule has 0 aliphatic carbocycles. The number of hydrogen-bond donors (Lipinski definition) is 1. The van der Waals surface area contributed by atoms with Crippen LogP contribution in [0, 0.1) is 13.8 Å². The van der Waals surface area contributed by atoms with Crippen molar-refractivity contribution in [3.8, 4) is 0 Å². The van der Waals surface area contributed by atoms with Gasteiger partial charge in [0.25, 0.3) is 0 Å². The number of carbonyl (C=O) groups excluding carboxylic acids is 1. The Labute approximate surface area is 140 Å². The number of aromatic nitrogens is 4. The van der Waals surface area contributed by atoms with E-state index in [4.69, 9.17) is 0 Å². The Balaban J connectivity index is 1.46. The largest absolute Gasteiger partial charge is 0.350 e. The highest BCUT2D eigenvalue weighted by Crippen LogP contribution is 2.17. The maximum atomic E-state index is 12.5. The molecular weight excluding hydrogens is 302 g/mol. The van der Waals surface area contributed by atoms with E-state index in [0.29, 0.717) is 6.54 Å². The first-order valence-electron chi connectivity index (χ1n) is 8.34. The van der Waals surface area contributed by atoms with Crippen LogP contribution in [0.5, 0.6) is 0 Å². The summed E-state index contributed by atoms with van der Waals surface area (Å²) in [6, 6.07) is 8.08. The normalized spacial score (nSPS) is 17.0. The number of hydrogen-bond acceptors (Lipinski definition) is 3. The molecule has 0 spiro atoms. The van der Waals surface area contributed by atoms with E-state index in [9.17, 15) is 4.79 Å². The molecule has 2 aromatic heterocycles. The molecule has 0 fully saturated rings. The van der Waals surface area contributed by atoms with E-state index in [2.05, 4.69) is 26.0 Å². The van der Waals surface area contributed by atoms with Gasteiger partial charge in [-0.1, -0.05) is 12.1 Å². The molecule has 6 heteroatoms. The van der Waals surface area contributed by atoms with Gasteiger partial charge in [0.15, 0.2) is 0 Å². The number of aryl methyl sites for hydroxylation is 3. The van der Waals surface area contributed by atoms with Crippen LogP contribution in [0.1, 0.15) is 23.8 Å². The second kappa shape index (κ2) is 5.78. The highest BCUT2D eigenvalue weighted by Gasteiger charge is 2.21. The molecule has 24 heavy (non-hydrogen) atoms. The summed E-state index contributed by atoms with van der Waals surface area (Å²) in [6.07, 6.45) is 3.90. The Morgan fingerprint density at radius 1 is 1.29 bits per heavy atom. The molecule has 3 heterocycles.